The number of benzene rings is 1. The fourth-order valence-electron chi connectivity index (χ4n) is 7.33. The summed E-state index contributed by atoms with van der Waals surface area (Å²) >= 11 is 1.68. The molecule has 3 aliphatic heterocycles. The number of hydrogen-bond donors (Lipinski definition) is 1. The van der Waals surface area contributed by atoms with E-state index in [4.69, 9.17) is 4.74 Å². The van der Waals surface area contributed by atoms with Gasteiger partial charge in [-0.1, -0.05) is 25.8 Å². The van der Waals surface area contributed by atoms with Gasteiger partial charge in [0.15, 0.2) is 0 Å². The van der Waals surface area contributed by atoms with Crippen LogP contribution in [0, 0.1) is 17.8 Å². The number of esters is 1. The van der Waals surface area contributed by atoms with Crippen LogP contribution in [0.15, 0.2) is 36.9 Å². The Morgan fingerprint density at radius 2 is 1.78 bits per heavy atom. The zero-order valence-corrected chi connectivity index (χ0v) is 25.9. The molecule has 3 fully saturated rings. The minimum Gasteiger partial charge on any atom is -0.466 e. The zero-order valence-electron chi connectivity index (χ0n) is 25.1. The van der Waals surface area contributed by atoms with Gasteiger partial charge in [0.2, 0.25) is 5.91 Å². The second kappa shape index (κ2) is 13.6. The number of carbonyl (C=O) groups is 3. The Hall–Kier alpha value is -2.52. The van der Waals surface area contributed by atoms with Crippen molar-refractivity contribution >= 4 is 40.9 Å². The number of aliphatic hydroxyl groups is 1. The third-order valence-electron chi connectivity index (χ3n) is 9.21. The van der Waals surface area contributed by atoms with Gasteiger partial charge in [-0.05, 0) is 70.2 Å². The molecule has 2 bridgehead atoms. The summed E-state index contributed by atoms with van der Waals surface area (Å²) in [6.07, 6.45) is 5.70. The molecule has 2 amide bonds. The van der Waals surface area contributed by atoms with Gasteiger partial charge in [0, 0.05) is 49.4 Å². The van der Waals surface area contributed by atoms with Crippen molar-refractivity contribution in [3.8, 4) is 0 Å². The van der Waals surface area contributed by atoms with Crippen molar-refractivity contribution in [1.82, 2.24) is 4.90 Å². The second-order valence-corrected chi connectivity index (χ2v) is 12.9. The SMILES string of the molecule is C=CCN(C(=O)C1N(CCCCCCO)C(=O)[C@@H]2[C@@H](C(=O)OCC)[C@H]3CC(C)C12S3)c1ccc(N(CC)CC)cc1. The van der Waals surface area contributed by atoms with Crippen LogP contribution in [0.25, 0.3) is 0 Å². The predicted molar refractivity (Wildman–Crippen MR) is 165 cm³/mol. The van der Waals surface area contributed by atoms with Crippen molar-refractivity contribution in [2.45, 2.75) is 75.8 Å². The number of anilines is 2. The van der Waals surface area contributed by atoms with Gasteiger partial charge in [-0.3, -0.25) is 14.4 Å². The first-order chi connectivity index (χ1) is 19.8. The van der Waals surface area contributed by atoms with Crippen LogP contribution in [0.2, 0.25) is 0 Å². The van der Waals surface area contributed by atoms with Crippen LogP contribution in [0.5, 0.6) is 0 Å². The summed E-state index contributed by atoms with van der Waals surface area (Å²) in [5, 5.41) is 9.16. The molecule has 1 aromatic carbocycles. The lowest BCUT2D eigenvalue weighted by Crippen LogP contribution is -2.57. The Morgan fingerprint density at radius 3 is 2.39 bits per heavy atom. The molecule has 226 valence electrons. The summed E-state index contributed by atoms with van der Waals surface area (Å²) in [4.78, 5) is 48.0. The second-order valence-electron chi connectivity index (χ2n) is 11.4. The average Bonchev–Trinajstić information content (AvgIpc) is 3.56. The Balaban J connectivity index is 1.72. The number of hydrogen-bond acceptors (Lipinski definition) is 7. The van der Waals surface area contributed by atoms with E-state index in [0.717, 1.165) is 56.6 Å². The smallest absolute Gasteiger partial charge is 0.310 e. The number of likely N-dealkylation sites (tertiary alicyclic amines) is 1. The fourth-order valence-corrected chi connectivity index (χ4v) is 9.73. The van der Waals surface area contributed by atoms with Crippen LogP contribution < -0.4 is 9.80 Å². The maximum Gasteiger partial charge on any atom is 0.310 e. The highest BCUT2D eigenvalue weighted by Crippen LogP contribution is 2.68. The molecule has 0 radical (unpaired) electrons. The Morgan fingerprint density at radius 1 is 1.12 bits per heavy atom. The molecule has 3 heterocycles. The lowest BCUT2D eigenvalue weighted by atomic mass is 9.66. The van der Waals surface area contributed by atoms with E-state index in [9.17, 15) is 19.5 Å². The van der Waals surface area contributed by atoms with E-state index < -0.39 is 22.6 Å². The van der Waals surface area contributed by atoms with Gasteiger partial charge in [0.1, 0.15) is 6.04 Å². The van der Waals surface area contributed by atoms with E-state index in [0.29, 0.717) is 13.1 Å². The third-order valence-corrected chi connectivity index (χ3v) is 11.3. The first-order valence-electron chi connectivity index (χ1n) is 15.3. The molecule has 1 N–H and O–H groups in total. The van der Waals surface area contributed by atoms with Crippen molar-refractivity contribution in [2.24, 2.45) is 17.8 Å². The number of rotatable bonds is 15. The fraction of sp³-hybridized carbons (Fsp3) is 0.656. The lowest BCUT2D eigenvalue weighted by Gasteiger charge is -2.40. The van der Waals surface area contributed by atoms with Gasteiger partial charge < -0.3 is 24.5 Å². The molecule has 3 unspecified atom stereocenters. The van der Waals surface area contributed by atoms with Crippen molar-refractivity contribution in [3.63, 3.8) is 0 Å². The normalized spacial score (nSPS) is 28.1. The van der Waals surface area contributed by atoms with Gasteiger partial charge in [0.05, 0.1) is 23.2 Å². The maximum absolute atomic E-state index is 14.7. The van der Waals surface area contributed by atoms with Crippen LogP contribution in [-0.4, -0.2) is 83.2 Å². The minimum atomic E-state index is -0.679. The molecule has 4 rings (SSSR count). The molecule has 9 heteroatoms. The number of unbranched alkanes of at least 4 members (excludes halogenated alkanes) is 3. The average molecular weight is 586 g/mol. The standard InChI is InChI=1S/C32H47N3O5S/c1-6-18-34(24-16-14-23(15-17-24)33(7-2)8-3)30(38)28-32-22(5)21-25(41-32)26(31(39)40-9-4)27(32)29(37)35(28)19-12-10-11-13-20-36/h6,14-17,22,25-28,36H,1,7-13,18-21H2,2-5H3/t22?,25-,26+,27+,28?,32?/m1/s1. The van der Waals surface area contributed by atoms with Gasteiger partial charge in [0.25, 0.3) is 5.91 Å². The predicted octanol–water partition coefficient (Wildman–Crippen LogP) is 4.50. The van der Waals surface area contributed by atoms with Gasteiger partial charge in [-0.25, -0.2) is 0 Å². The number of fused-ring (bicyclic) bond motifs is 1. The Kier molecular flexibility index (Phi) is 10.4. The molecule has 1 aromatic rings. The van der Waals surface area contributed by atoms with Gasteiger partial charge >= 0.3 is 5.97 Å². The molecule has 0 aliphatic carbocycles. The van der Waals surface area contributed by atoms with Crippen LogP contribution in [0.3, 0.4) is 0 Å². The highest BCUT2D eigenvalue weighted by molar-refractivity contribution is 8.02. The maximum atomic E-state index is 14.7. The van der Waals surface area contributed by atoms with Crippen molar-refractivity contribution in [2.75, 3.05) is 49.2 Å². The third kappa shape index (κ3) is 5.64. The molecule has 0 aromatic heterocycles. The van der Waals surface area contributed by atoms with Crippen molar-refractivity contribution in [3.05, 3.63) is 36.9 Å². The summed E-state index contributed by atoms with van der Waals surface area (Å²) < 4.78 is 4.79. The number of ether oxygens (including phenoxy) is 1. The van der Waals surface area contributed by atoms with Gasteiger partial charge in [-0.15, -0.1) is 18.3 Å². The molecule has 6 atom stereocenters. The summed E-state index contributed by atoms with van der Waals surface area (Å²) in [6.45, 7) is 15.1. The van der Waals surface area contributed by atoms with Crippen LogP contribution in [-0.2, 0) is 19.1 Å². The molecule has 3 aliphatic rings. The first-order valence-corrected chi connectivity index (χ1v) is 16.2. The lowest BCUT2D eigenvalue weighted by molar-refractivity contribution is -0.154. The van der Waals surface area contributed by atoms with Crippen molar-refractivity contribution < 1.29 is 24.2 Å². The molecule has 1 spiro atoms. The summed E-state index contributed by atoms with van der Waals surface area (Å²) in [5.41, 5.74) is 1.87. The monoisotopic (exact) mass is 585 g/mol. The Labute approximate surface area is 249 Å². The van der Waals surface area contributed by atoms with Crippen LogP contribution in [0.1, 0.15) is 59.8 Å². The minimum absolute atomic E-state index is 0.0267. The number of carbonyl (C=O) groups excluding carboxylic acids is 3. The largest absolute Gasteiger partial charge is 0.466 e. The molecule has 41 heavy (non-hydrogen) atoms. The molecule has 3 saturated heterocycles. The highest BCUT2D eigenvalue weighted by atomic mass is 32.2. The van der Waals surface area contributed by atoms with E-state index in [2.05, 4.69) is 32.3 Å². The first kappa shape index (κ1) is 31.4. The molecular formula is C32H47N3O5S. The number of nitrogens with zero attached hydrogens (tertiary/aromatic N) is 3. The van der Waals surface area contributed by atoms with Gasteiger partial charge in [-0.2, -0.15) is 0 Å². The van der Waals surface area contributed by atoms with Crippen LogP contribution >= 0.6 is 11.8 Å². The topological polar surface area (TPSA) is 90.4 Å². The molecule has 0 saturated carbocycles. The highest BCUT2D eigenvalue weighted by Gasteiger charge is 2.76. The number of aliphatic hydroxyl groups excluding tert-OH is 1. The van der Waals surface area contributed by atoms with E-state index in [-0.39, 0.29) is 42.2 Å². The van der Waals surface area contributed by atoms with E-state index in [1.165, 1.54) is 0 Å². The quantitative estimate of drug-likeness (QED) is 0.184. The summed E-state index contributed by atoms with van der Waals surface area (Å²) in [7, 11) is 0. The molecular weight excluding hydrogens is 538 g/mol. The van der Waals surface area contributed by atoms with Crippen molar-refractivity contribution in [1.29, 1.82) is 0 Å². The van der Waals surface area contributed by atoms with E-state index >= 15 is 0 Å². The number of thioether (sulfide) groups is 1. The zero-order chi connectivity index (χ0) is 29.7. The molecule has 8 nitrogen and oxygen atoms in total. The summed E-state index contributed by atoms with van der Waals surface area (Å²) in [6, 6.07) is 7.36. The number of amides is 2. The van der Waals surface area contributed by atoms with E-state index in [1.54, 1.807) is 34.6 Å². The van der Waals surface area contributed by atoms with Crippen LogP contribution in [0.4, 0.5) is 11.4 Å². The summed E-state index contributed by atoms with van der Waals surface area (Å²) in [5.74, 6) is -1.53. The Bertz CT molecular complexity index is 1090. The van der Waals surface area contributed by atoms with E-state index in [1.807, 2.05) is 24.3 Å².